The lowest BCUT2D eigenvalue weighted by Gasteiger charge is -2.47. The van der Waals surface area contributed by atoms with E-state index >= 15 is 0 Å². The Morgan fingerprint density at radius 2 is 1.77 bits per heavy atom. The molecular weight excluding hydrogens is 778 g/mol. The fourth-order valence-electron chi connectivity index (χ4n) is 10.2. The molecule has 10 nitrogen and oxygen atoms in total. The Kier molecular flexibility index (Phi) is 13.4. The molecule has 3 N–H and O–H groups in total. The summed E-state index contributed by atoms with van der Waals surface area (Å²) in [7, 11) is 1.55. The largest absolute Gasteiger partial charge is 0.494 e. The highest BCUT2D eigenvalue weighted by Gasteiger charge is 2.54. The van der Waals surface area contributed by atoms with Crippen LogP contribution >= 0.6 is 11.6 Å². The quantitative estimate of drug-likeness (QED) is 0.0889. The van der Waals surface area contributed by atoms with Gasteiger partial charge >= 0.3 is 11.9 Å². The Morgan fingerprint density at radius 3 is 2.50 bits per heavy atom. The lowest BCUT2D eigenvalue weighted by Crippen LogP contribution is -2.53. The number of pyridine rings is 1. The number of hydrogen-bond acceptors (Lipinski definition) is 7. The lowest BCUT2D eigenvalue weighted by atomic mass is 9.59. The maximum absolute atomic E-state index is 13.1. The molecule has 0 bridgehead atoms. The molecule has 3 aromatic carbocycles. The second-order valence-electron chi connectivity index (χ2n) is 17.5. The van der Waals surface area contributed by atoms with Crippen LogP contribution in [0.4, 0.5) is 5.69 Å². The lowest BCUT2D eigenvalue weighted by molar-refractivity contribution is -0.149. The molecule has 11 heteroatoms. The van der Waals surface area contributed by atoms with Crippen LogP contribution in [-0.4, -0.2) is 69.8 Å². The summed E-state index contributed by atoms with van der Waals surface area (Å²) < 4.78 is 12.9. The number of fused-ring (bicyclic) bond motifs is 3. The molecule has 4 atom stereocenters. The summed E-state index contributed by atoms with van der Waals surface area (Å²) in [6.45, 7) is 5.40. The van der Waals surface area contributed by atoms with Gasteiger partial charge in [-0.3, -0.25) is 9.78 Å². The molecule has 3 aliphatic rings. The van der Waals surface area contributed by atoms with Crippen LogP contribution in [0.2, 0.25) is 5.02 Å². The summed E-state index contributed by atoms with van der Waals surface area (Å²) in [5.74, 6) is 0.454. The third-order valence-electron chi connectivity index (χ3n) is 13.5. The van der Waals surface area contributed by atoms with Crippen molar-refractivity contribution < 1.29 is 34.1 Å². The number of aryl methyl sites for hydroxylation is 1. The number of amides is 1. The third kappa shape index (κ3) is 9.44. The zero-order valence-electron chi connectivity index (χ0n) is 35.0. The van der Waals surface area contributed by atoms with Crippen molar-refractivity contribution in [1.82, 2.24) is 9.88 Å². The number of nitrogens with one attached hydrogen (secondary N) is 1. The zero-order chi connectivity index (χ0) is 42.4. The minimum Gasteiger partial charge on any atom is -0.494 e. The number of aromatic nitrogens is 1. The Labute approximate surface area is 358 Å². The van der Waals surface area contributed by atoms with Crippen molar-refractivity contribution in [3.63, 3.8) is 0 Å². The number of halogens is 1. The number of nitrogens with zero attached hydrogens (tertiary/aromatic N) is 2. The molecule has 60 heavy (non-hydrogen) atoms. The molecule has 318 valence electrons. The van der Waals surface area contributed by atoms with Crippen LogP contribution in [0.25, 0.3) is 0 Å². The molecule has 0 saturated heterocycles. The van der Waals surface area contributed by atoms with Gasteiger partial charge in [-0.15, -0.1) is 0 Å². The van der Waals surface area contributed by atoms with E-state index in [9.17, 15) is 24.6 Å². The smallest absolute Gasteiger partial charge is 0.329 e. The highest BCUT2D eigenvalue weighted by molar-refractivity contribution is 6.30. The number of carbonyl (C=O) groups excluding carboxylic acids is 1. The van der Waals surface area contributed by atoms with Crippen molar-refractivity contribution in [3.05, 3.63) is 118 Å². The first-order valence-corrected chi connectivity index (χ1v) is 21.9. The highest BCUT2D eigenvalue weighted by Crippen LogP contribution is 2.57. The average molecular weight is 836 g/mol. The summed E-state index contributed by atoms with van der Waals surface area (Å²) in [4.78, 5) is 44.3. The summed E-state index contributed by atoms with van der Waals surface area (Å²) >= 11 is 6.30. The Bertz CT molecular complexity index is 2150. The number of ether oxygens (including phenoxy) is 2. The minimum absolute atomic E-state index is 0.157. The number of aliphatic carboxylic acids is 2. The van der Waals surface area contributed by atoms with Crippen LogP contribution in [0.15, 0.2) is 85.1 Å². The van der Waals surface area contributed by atoms with Crippen molar-refractivity contribution in [2.45, 2.75) is 114 Å². The average Bonchev–Trinajstić information content (AvgIpc) is 3.52. The number of likely N-dealkylation sites (N-methyl/N-ethyl adjacent to an activating group) is 1. The normalized spacial score (nSPS) is 22.9. The van der Waals surface area contributed by atoms with Gasteiger partial charge in [-0.2, -0.15) is 0 Å². The molecule has 1 aromatic heterocycles. The standard InChI is InChI=1S/C49H58ClN3O7/c1-32(31-60-43-19-24-51-41-15-7-10-33(2)45(41)43)26-36-28-35-17-18-39(59-25-9-16-44(54)53(3)42(46(55)56)27-34-11-5-4-6-12-34)30-40(35)48(36)20-22-49(23-21-48,47(57)58)52-38-14-8-13-37(50)29-38/h4-6,8,11-14,17-19,24,29-30,32-33,36,42,52H,7,9-10,15-16,20-23,25-28,31H2,1-3H3,(H,55,56)(H,57,58)/t32-,33-,36+,42-,48?,49?/m1/s1. The van der Waals surface area contributed by atoms with Gasteiger partial charge in [0, 0.05) is 48.1 Å². The number of hydrogen-bond donors (Lipinski definition) is 3. The van der Waals surface area contributed by atoms with Gasteiger partial charge in [0.05, 0.1) is 13.2 Å². The van der Waals surface area contributed by atoms with Crippen LogP contribution in [0.5, 0.6) is 11.5 Å². The van der Waals surface area contributed by atoms with Gasteiger partial charge in [0.15, 0.2) is 0 Å². The monoisotopic (exact) mass is 835 g/mol. The van der Waals surface area contributed by atoms with Crippen molar-refractivity contribution >= 4 is 35.1 Å². The number of rotatable bonds is 17. The number of anilines is 1. The molecule has 0 radical (unpaired) electrons. The van der Waals surface area contributed by atoms with Crippen molar-refractivity contribution in [2.24, 2.45) is 11.8 Å². The van der Waals surface area contributed by atoms with Gasteiger partial charge in [-0.05, 0) is 140 Å². The van der Waals surface area contributed by atoms with Crippen LogP contribution < -0.4 is 14.8 Å². The second kappa shape index (κ2) is 18.7. The van der Waals surface area contributed by atoms with Gasteiger partial charge in [0.25, 0.3) is 0 Å². The van der Waals surface area contributed by atoms with E-state index in [4.69, 9.17) is 21.1 Å². The fourth-order valence-corrected chi connectivity index (χ4v) is 10.3. The van der Waals surface area contributed by atoms with E-state index < -0.39 is 23.5 Å². The van der Waals surface area contributed by atoms with E-state index in [0.29, 0.717) is 67.7 Å². The first kappa shape index (κ1) is 43.0. The summed E-state index contributed by atoms with van der Waals surface area (Å²) in [5.41, 5.74) is 5.04. The first-order chi connectivity index (χ1) is 28.9. The number of benzene rings is 3. The fraction of sp³-hybridized carbons (Fsp3) is 0.469. The summed E-state index contributed by atoms with van der Waals surface area (Å²) in [6, 6.07) is 23.9. The molecular formula is C49H58ClN3O7. The molecule has 1 heterocycles. The third-order valence-corrected chi connectivity index (χ3v) is 13.7. The predicted molar refractivity (Wildman–Crippen MR) is 233 cm³/mol. The molecule has 0 aliphatic heterocycles. The molecule has 1 amide bonds. The van der Waals surface area contributed by atoms with E-state index in [1.54, 1.807) is 19.2 Å². The summed E-state index contributed by atoms with van der Waals surface area (Å²) in [5, 5.41) is 24.5. The molecule has 0 unspecified atom stereocenters. The molecule has 4 aromatic rings. The maximum atomic E-state index is 13.1. The van der Waals surface area contributed by atoms with Gasteiger partial charge in [-0.25, -0.2) is 9.59 Å². The van der Waals surface area contributed by atoms with Gasteiger partial charge in [0.1, 0.15) is 23.1 Å². The number of carboxylic acids is 2. The van der Waals surface area contributed by atoms with E-state index in [0.717, 1.165) is 49.1 Å². The van der Waals surface area contributed by atoms with Crippen LogP contribution in [0.1, 0.15) is 106 Å². The Hall–Kier alpha value is -5.09. The van der Waals surface area contributed by atoms with Crippen LogP contribution in [0.3, 0.4) is 0 Å². The van der Waals surface area contributed by atoms with Gasteiger partial charge in [-0.1, -0.05) is 67.9 Å². The van der Waals surface area contributed by atoms with Crippen molar-refractivity contribution in [1.29, 1.82) is 0 Å². The van der Waals surface area contributed by atoms with E-state index in [2.05, 4.69) is 36.3 Å². The molecule has 1 spiro atoms. The van der Waals surface area contributed by atoms with Crippen LogP contribution in [-0.2, 0) is 39.1 Å². The zero-order valence-corrected chi connectivity index (χ0v) is 35.8. The Balaban J connectivity index is 1.05. The first-order valence-electron chi connectivity index (χ1n) is 21.5. The predicted octanol–water partition coefficient (Wildman–Crippen LogP) is 9.51. The minimum atomic E-state index is -1.14. The van der Waals surface area contributed by atoms with Gasteiger partial charge in [0.2, 0.25) is 5.91 Å². The molecule has 1 fully saturated rings. The van der Waals surface area contributed by atoms with Crippen LogP contribution in [0, 0.1) is 11.8 Å². The maximum Gasteiger partial charge on any atom is 0.329 e. The SMILES string of the molecule is C[C@@H](COc1ccnc2c1[C@H](C)CCC2)C[C@H]1Cc2ccc(OCCCC(=O)N(C)[C@H](Cc3ccccc3)C(=O)O)cc2C12CCC(Nc1cccc(Cl)c1)(C(=O)O)CC2. The van der Waals surface area contributed by atoms with E-state index in [-0.39, 0.29) is 36.0 Å². The second-order valence-corrected chi connectivity index (χ2v) is 18.0. The topological polar surface area (TPSA) is 138 Å². The summed E-state index contributed by atoms with van der Waals surface area (Å²) in [6.07, 6.45) is 10.0. The molecule has 7 rings (SSSR count). The number of carboxylic acid groups (broad SMARTS) is 2. The molecule has 3 aliphatic carbocycles. The van der Waals surface area contributed by atoms with E-state index in [1.807, 2.05) is 60.8 Å². The molecule has 1 saturated carbocycles. The highest BCUT2D eigenvalue weighted by atomic mass is 35.5. The van der Waals surface area contributed by atoms with Crippen molar-refractivity contribution in [3.8, 4) is 11.5 Å². The Morgan fingerprint density at radius 1 is 0.983 bits per heavy atom. The van der Waals surface area contributed by atoms with Crippen molar-refractivity contribution in [2.75, 3.05) is 25.6 Å². The van der Waals surface area contributed by atoms with Gasteiger partial charge < -0.3 is 29.9 Å². The number of carbonyl (C=O) groups is 3. The van der Waals surface area contributed by atoms with E-state index in [1.165, 1.54) is 21.6 Å².